The Kier molecular flexibility index (Phi) is 15.9. The van der Waals surface area contributed by atoms with Crippen molar-refractivity contribution >= 4 is 31.9 Å². The molecule has 0 aliphatic heterocycles. The maximum Gasteiger partial charge on any atom is 0.161 e. The molecule has 0 N–H and O–H groups in total. The maximum atomic E-state index is 6.72. The second kappa shape index (κ2) is 19.4. The molecule has 0 radical (unpaired) electrons. The molecule has 2 aromatic carbocycles. The first kappa shape index (κ1) is 43.3. The van der Waals surface area contributed by atoms with Crippen molar-refractivity contribution in [2.45, 2.75) is 132 Å². The van der Waals surface area contributed by atoms with Gasteiger partial charge in [-0.15, -0.1) is 0 Å². The predicted octanol–water partition coefficient (Wildman–Crippen LogP) is 14.1. The van der Waals surface area contributed by atoms with Crippen LogP contribution in [0.1, 0.15) is 137 Å². The minimum Gasteiger partial charge on any atom is -0.495 e. The quantitative estimate of drug-likeness (QED) is 0.104. The van der Waals surface area contributed by atoms with Crippen molar-refractivity contribution < 1.29 is 18.9 Å². The molecule has 4 atom stereocenters. The van der Waals surface area contributed by atoms with E-state index in [1.165, 1.54) is 37.9 Å². The summed E-state index contributed by atoms with van der Waals surface area (Å²) in [7, 11) is 0. The van der Waals surface area contributed by atoms with Crippen molar-refractivity contribution in [3.63, 3.8) is 0 Å². The molecule has 0 bridgehead atoms. The van der Waals surface area contributed by atoms with Crippen molar-refractivity contribution in [2.75, 3.05) is 26.4 Å². The van der Waals surface area contributed by atoms with Gasteiger partial charge in [0, 0.05) is 16.3 Å². The predicted molar refractivity (Wildman–Crippen MR) is 230 cm³/mol. The van der Waals surface area contributed by atoms with E-state index >= 15 is 0 Å². The SMILES string of the molecule is C/C=C(/Br)C/C=C1\C(C)(C)c2ccc(Br)cc2C12/C(=C/CC/C(OCC(C)CC)=C(\C)OCC)Cc1cc(OCC(C)CC)c(OCC(C)CC)cc12. The summed E-state index contributed by atoms with van der Waals surface area (Å²) in [6.45, 7) is 27.0. The topological polar surface area (TPSA) is 36.9 Å². The summed E-state index contributed by atoms with van der Waals surface area (Å²) in [5.41, 5.74) is 7.48. The van der Waals surface area contributed by atoms with Crippen LogP contribution in [0.15, 0.2) is 80.2 Å². The van der Waals surface area contributed by atoms with Crippen molar-refractivity contribution in [3.8, 4) is 11.5 Å². The highest BCUT2D eigenvalue weighted by atomic mass is 79.9. The lowest BCUT2D eigenvalue weighted by Gasteiger charge is -2.35. The van der Waals surface area contributed by atoms with E-state index in [0.717, 1.165) is 72.4 Å². The Hall–Kier alpha value is -2.44. The third-order valence-corrected chi connectivity index (χ3v) is 12.9. The molecule has 0 saturated heterocycles. The van der Waals surface area contributed by atoms with E-state index in [2.05, 4.69) is 143 Å². The van der Waals surface area contributed by atoms with Gasteiger partial charge in [-0.3, -0.25) is 0 Å². The van der Waals surface area contributed by atoms with Crippen LogP contribution in [0.4, 0.5) is 0 Å². The molecular weight excluding hydrogens is 788 g/mol. The number of fused-ring (bicyclic) bond motifs is 4. The first-order chi connectivity index (χ1) is 25.3. The summed E-state index contributed by atoms with van der Waals surface area (Å²) in [5, 5.41) is 0. The highest BCUT2D eigenvalue weighted by Gasteiger charge is 2.58. The Morgan fingerprint density at radius 2 is 1.43 bits per heavy atom. The average molecular weight is 855 g/mol. The number of halogens is 2. The molecule has 0 aromatic heterocycles. The van der Waals surface area contributed by atoms with Crippen LogP contribution in [0.5, 0.6) is 11.5 Å². The smallest absolute Gasteiger partial charge is 0.161 e. The molecule has 2 aliphatic carbocycles. The van der Waals surface area contributed by atoms with Gasteiger partial charge in [0.25, 0.3) is 0 Å². The second-order valence-electron chi connectivity index (χ2n) is 15.9. The van der Waals surface area contributed by atoms with Gasteiger partial charge in [0.15, 0.2) is 11.5 Å². The van der Waals surface area contributed by atoms with Gasteiger partial charge in [0.05, 0.1) is 31.8 Å². The highest BCUT2D eigenvalue weighted by Crippen LogP contribution is 2.65. The summed E-state index contributed by atoms with van der Waals surface area (Å²) in [4.78, 5) is 0. The molecule has 0 saturated carbocycles. The number of hydrogen-bond acceptors (Lipinski definition) is 4. The molecule has 0 fully saturated rings. The van der Waals surface area contributed by atoms with E-state index in [-0.39, 0.29) is 5.41 Å². The summed E-state index contributed by atoms with van der Waals surface area (Å²) in [6.07, 6.45) is 13.7. The van der Waals surface area contributed by atoms with Gasteiger partial charge in [0.1, 0.15) is 11.5 Å². The molecule has 292 valence electrons. The van der Waals surface area contributed by atoms with Gasteiger partial charge >= 0.3 is 0 Å². The zero-order valence-corrected chi connectivity index (χ0v) is 37.7. The van der Waals surface area contributed by atoms with Crippen LogP contribution < -0.4 is 9.47 Å². The van der Waals surface area contributed by atoms with Crippen LogP contribution in [0.25, 0.3) is 0 Å². The number of benzene rings is 2. The minimum absolute atomic E-state index is 0.211. The van der Waals surface area contributed by atoms with Gasteiger partial charge in [0.2, 0.25) is 0 Å². The molecule has 6 heteroatoms. The van der Waals surface area contributed by atoms with Crippen LogP contribution in [0.2, 0.25) is 0 Å². The summed E-state index contributed by atoms with van der Waals surface area (Å²) in [6, 6.07) is 11.6. The van der Waals surface area contributed by atoms with Crippen LogP contribution in [0.3, 0.4) is 0 Å². The zero-order valence-electron chi connectivity index (χ0n) is 34.5. The van der Waals surface area contributed by atoms with E-state index < -0.39 is 5.41 Å². The fourth-order valence-corrected chi connectivity index (χ4v) is 8.16. The Labute approximate surface area is 339 Å². The molecular formula is C47H66Br2O4. The van der Waals surface area contributed by atoms with E-state index in [0.29, 0.717) is 44.2 Å². The van der Waals surface area contributed by atoms with Crippen LogP contribution in [-0.4, -0.2) is 26.4 Å². The maximum absolute atomic E-state index is 6.72. The Morgan fingerprint density at radius 3 is 2.04 bits per heavy atom. The number of allylic oxidation sites excluding steroid dienone is 8. The van der Waals surface area contributed by atoms with Crippen molar-refractivity contribution in [1.29, 1.82) is 0 Å². The fraction of sp³-hybridized carbons (Fsp3) is 0.574. The van der Waals surface area contributed by atoms with Crippen LogP contribution >= 0.6 is 31.9 Å². The fourth-order valence-electron chi connectivity index (χ4n) is 7.64. The molecule has 4 nitrogen and oxygen atoms in total. The van der Waals surface area contributed by atoms with Crippen molar-refractivity contribution in [3.05, 3.63) is 102 Å². The lowest BCUT2D eigenvalue weighted by molar-refractivity contribution is 0.130. The van der Waals surface area contributed by atoms with Gasteiger partial charge in [-0.25, -0.2) is 0 Å². The third-order valence-electron chi connectivity index (χ3n) is 11.6. The summed E-state index contributed by atoms with van der Waals surface area (Å²) in [5.74, 6) is 4.93. The van der Waals surface area contributed by atoms with Gasteiger partial charge in [-0.2, -0.15) is 0 Å². The molecule has 2 aromatic rings. The molecule has 2 aliphatic rings. The Balaban J connectivity index is 1.98. The van der Waals surface area contributed by atoms with E-state index in [1.54, 1.807) is 0 Å². The van der Waals surface area contributed by atoms with Gasteiger partial charge < -0.3 is 18.9 Å². The van der Waals surface area contributed by atoms with E-state index in [1.807, 2.05) is 13.8 Å². The molecule has 0 heterocycles. The number of rotatable bonds is 19. The molecule has 4 rings (SSSR count). The minimum atomic E-state index is -0.459. The Bertz CT molecular complexity index is 1680. The second-order valence-corrected chi connectivity index (χ2v) is 17.8. The normalized spacial score (nSPS) is 21.3. The highest BCUT2D eigenvalue weighted by molar-refractivity contribution is 9.11. The summed E-state index contributed by atoms with van der Waals surface area (Å²) >= 11 is 7.75. The van der Waals surface area contributed by atoms with Crippen LogP contribution in [-0.2, 0) is 26.7 Å². The summed E-state index contributed by atoms with van der Waals surface area (Å²) < 4.78 is 28.1. The number of ether oxygens (including phenoxy) is 4. The lowest BCUT2D eigenvalue weighted by Crippen LogP contribution is -2.31. The lowest BCUT2D eigenvalue weighted by atomic mass is 9.67. The Morgan fingerprint density at radius 1 is 0.811 bits per heavy atom. The van der Waals surface area contributed by atoms with Crippen LogP contribution in [0, 0.1) is 17.8 Å². The molecule has 0 amide bonds. The largest absolute Gasteiger partial charge is 0.495 e. The van der Waals surface area contributed by atoms with Gasteiger partial charge in [-0.1, -0.05) is 136 Å². The zero-order chi connectivity index (χ0) is 38.9. The third kappa shape index (κ3) is 9.69. The first-order valence-electron chi connectivity index (χ1n) is 20.2. The van der Waals surface area contributed by atoms with Crippen molar-refractivity contribution in [1.82, 2.24) is 0 Å². The number of hydrogen-bond donors (Lipinski definition) is 0. The monoisotopic (exact) mass is 852 g/mol. The molecule has 1 spiro atoms. The average Bonchev–Trinajstić information content (AvgIpc) is 3.55. The van der Waals surface area contributed by atoms with Gasteiger partial charge in [-0.05, 0) is 114 Å². The van der Waals surface area contributed by atoms with E-state index in [4.69, 9.17) is 18.9 Å². The van der Waals surface area contributed by atoms with E-state index in [9.17, 15) is 0 Å². The first-order valence-corrected chi connectivity index (χ1v) is 21.8. The molecule has 4 unspecified atom stereocenters. The molecule has 53 heavy (non-hydrogen) atoms. The van der Waals surface area contributed by atoms with Crippen molar-refractivity contribution in [2.24, 2.45) is 17.8 Å². The standard InChI is InChI=1S/C47H66Br2O4/c1-12-31(6)28-51-42(34(9)50-16-5)19-17-18-36-24-35-25-43(52-29-32(7)13-2)44(53-30-33(8)14-3)27-40(35)47(36)41-26-38(49)20-22-39(41)46(10,11)45(47)23-21-37(48)15-4/h15,18,20,22-23,25-27,31-33H,12-14,16-17,19,21,24,28-30H2,1-11H3/b36-18+,37-15+,42-34-,45-23+.